The van der Waals surface area contributed by atoms with Crippen molar-refractivity contribution >= 4 is 18.0 Å². The number of benzene rings is 2. The number of carbonyl (C=O) groups excluding carboxylic acids is 2. The van der Waals surface area contributed by atoms with E-state index in [1.165, 1.54) is 0 Å². The molecule has 3 N–H and O–H groups in total. The van der Waals surface area contributed by atoms with Gasteiger partial charge in [-0.2, -0.15) is 0 Å². The topological polar surface area (TPSA) is 105 Å². The summed E-state index contributed by atoms with van der Waals surface area (Å²) in [5.41, 5.74) is 3.77. The monoisotopic (exact) mass is 480 g/mol. The summed E-state index contributed by atoms with van der Waals surface area (Å²) in [6, 6.07) is 16.3. The summed E-state index contributed by atoms with van der Waals surface area (Å²) < 4.78 is 5.60. The molecule has 1 unspecified atom stereocenters. The van der Waals surface area contributed by atoms with Crippen molar-refractivity contribution in [1.29, 1.82) is 0 Å². The molecule has 35 heavy (non-hydrogen) atoms. The summed E-state index contributed by atoms with van der Waals surface area (Å²) in [6.07, 6.45) is 0.208. The van der Waals surface area contributed by atoms with E-state index in [1.54, 1.807) is 13.8 Å². The van der Waals surface area contributed by atoms with E-state index in [2.05, 4.69) is 34.9 Å². The third-order valence-corrected chi connectivity index (χ3v) is 6.24. The third kappa shape index (κ3) is 7.31. The van der Waals surface area contributed by atoms with Gasteiger partial charge in [0, 0.05) is 30.8 Å². The van der Waals surface area contributed by atoms with Gasteiger partial charge in [0.1, 0.15) is 6.61 Å². The maximum atomic E-state index is 12.6. The van der Waals surface area contributed by atoms with Crippen molar-refractivity contribution in [3.63, 3.8) is 0 Å². The Morgan fingerprint density at radius 1 is 1.00 bits per heavy atom. The first-order valence-corrected chi connectivity index (χ1v) is 12.2. The highest BCUT2D eigenvalue weighted by molar-refractivity contribution is 5.80. The van der Waals surface area contributed by atoms with Crippen LogP contribution in [-0.2, 0) is 14.3 Å². The molecule has 0 saturated carbocycles. The molecule has 188 valence electrons. The number of carbonyl (C=O) groups is 3. The first kappa shape index (κ1) is 26.3. The average molecular weight is 481 g/mol. The lowest BCUT2D eigenvalue weighted by atomic mass is 9.93. The van der Waals surface area contributed by atoms with E-state index in [-0.39, 0.29) is 37.2 Å². The summed E-state index contributed by atoms with van der Waals surface area (Å²) in [5.74, 6) is -0.945. The molecule has 7 heteroatoms. The minimum Gasteiger partial charge on any atom is -0.481 e. The van der Waals surface area contributed by atoms with Gasteiger partial charge in [0.05, 0.1) is 0 Å². The predicted octanol–water partition coefficient (Wildman–Crippen LogP) is 4.95. The Balaban J connectivity index is 1.51. The zero-order valence-electron chi connectivity index (χ0n) is 21.0. The maximum Gasteiger partial charge on any atom is 0.407 e. The minimum atomic E-state index is -0.873. The van der Waals surface area contributed by atoms with Crippen LogP contribution in [0.3, 0.4) is 0 Å². The molecule has 0 aliphatic heterocycles. The van der Waals surface area contributed by atoms with Gasteiger partial charge in [0.15, 0.2) is 0 Å². The van der Waals surface area contributed by atoms with Crippen molar-refractivity contribution < 1.29 is 24.2 Å². The molecule has 0 radical (unpaired) electrons. The lowest BCUT2D eigenvalue weighted by Crippen LogP contribution is -2.47. The standard InChI is InChI=1S/C28H36N2O5/c1-18(2)13-19(14-26(32)33)16-29-25(31)15-28(3,4)30-27(34)35-17-24-22-11-7-5-9-20(22)21-10-6-8-12-23(21)24/h5-12,18-19,24H,13-17H2,1-4H3,(H,29,31)(H,30,34)(H,32,33). The van der Waals surface area contributed by atoms with Crippen LogP contribution >= 0.6 is 0 Å². The van der Waals surface area contributed by atoms with Gasteiger partial charge in [-0.1, -0.05) is 62.4 Å². The molecular formula is C28H36N2O5. The van der Waals surface area contributed by atoms with Crippen LogP contribution in [-0.4, -0.2) is 41.8 Å². The largest absolute Gasteiger partial charge is 0.481 e. The Hall–Kier alpha value is -3.35. The Kier molecular flexibility index (Phi) is 8.54. The Morgan fingerprint density at radius 3 is 2.11 bits per heavy atom. The first-order chi connectivity index (χ1) is 16.6. The highest BCUT2D eigenvalue weighted by Gasteiger charge is 2.30. The van der Waals surface area contributed by atoms with Gasteiger partial charge < -0.3 is 20.5 Å². The Bertz CT molecular complexity index is 1020. The van der Waals surface area contributed by atoms with E-state index in [9.17, 15) is 14.4 Å². The number of aliphatic carboxylic acids is 1. The van der Waals surface area contributed by atoms with Gasteiger partial charge >= 0.3 is 12.1 Å². The van der Waals surface area contributed by atoms with E-state index >= 15 is 0 Å². The molecule has 2 aromatic carbocycles. The van der Waals surface area contributed by atoms with Crippen molar-refractivity contribution in [3.05, 3.63) is 59.7 Å². The van der Waals surface area contributed by atoms with Crippen LogP contribution in [0.4, 0.5) is 4.79 Å². The summed E-state index contributed by atoms with van der Waals surface area (Å²) in [4.78, 5) is 36.2. The normalized spacial score (nSPS) is 13.6. The van der Waals surface area contributed by atoms with Crippen molar-refractivity contribution in [1.82, 2.24) is 10.6 Å². The molecular weight excluding hydrogens is 444 g/mol. The second kappa shape index (κ2) is 11.4. The number of fused-ring (bicyclic) bond motifs is 3. The lowest BCUT2D eigenvalue weighted by Gasteiger charge is -2.26. The zero-order valence-corrected chi connectivity index (χ0v) is 21.0. The molecule has 1 aliphatic carbocycles. The summed E-state index contributed by atoms with van der Waals surface area (Å²) in [7, 11) is 0. The molecule has 0 aromatic heterocycles. The SMILES string of the molecule is CC(C)CC(CNC(=O)CC(C)(C)NC(=O)OCC1c2ccccc2-c2ccccc21)CC(=O)O. The number of ether oxygens (including phenoxy) is 1. The number of carboxylic acid groups (broad SMARTS) is 1. The smallest absolute Gasteiger partial charge is 0.407 e. The quantitative estimate of drug-likeness (QED) is 0.422. The van der Waals surface area contributed by atoms with Crippen LogP contribution in [0.2, 0.25) is 0 Å². The van der Waals surface area contributed by atoms with E-state index in [1.807, 2.05) is 38.1 Å². The van der Waals surface area contributed by atoms with Crippen molar-refractivity contribution in [2.45, 2.75) is 58.4 Å². The fraction of sp³-hybridized carbons (Fsp3) is 0.464. The molecule has 2 aromatic rings. The van der Waals surface area contributed by atoms with Crippen molar-refractivity contribution in [2.75, 3.05) is 13.2 Å². The average Bonchev–Trinajstić information content (AvgIpc) is 3.08. The molecule has 0 saturated heterocycles. The van der Waals surface area contributed by atoms with E-state index in [0.29, 0.717) is 18.9 Å². The number of hydrogen-bond donors (Lipinski definition) is 3. The molecule has 0 bridgehead atoms. The van der Waals surface area contributed by atoms with Crippen LogP contribution < -0.4 is 10.6 Å². The molecule has 0 spiro atoms. The summed E-state index contributed by atoms with van der Waals surface area (Å²) in [5, 5.41) is 14.7. The molecule has 1 aliphatic rings. The Morgan fingerprint density at radius 2 is 1.57 bits per heavy atom. The lowest BCUT2D eigenvalue weighted by molar-refractivity contribution is -0.138. The number of amides is 2. The van der Waals surface area contributed by atoms with E-state index in [4.69, 9.17) is 9.84 Å². The number of carboxylic acids is 1. The van der Waals surface area contributed by atoms with E-state index < -0.39 is 17.6 Å². The number of hydrogen-bond acceptors (Lipinski definition) is 4. The van der Waals surface area contributed by atoms with Crippen LogP contribution in [0, 0.1) is 11.8 Å². The van der Waals surface area contributed by atoms with Gasteiger partial charge in [0.25, 0.3) is 0 Å². The number of nitrogens with one attached hydrogen (secondary N) is 2. The van der Waals surface area contributed by atoms with Gasteiger partial charge in [0.2, 0.25) is 5.91 Å². The molecule has 2 amide bonds. The fourth-order valence-corrected chi connectivity index (χ4v) is 4.83. The second-order valence-electron chi connectivity index (χ2n) is 10.4. The maximum absolute atomic E-state index is 12.6. The first-order valence-electron chi connectivity index (χ1n) is 12.2. The van der Waals surface area contributed by atoms with E-state index in [0.717, 1.165) is 22.3 Å². The summed E-state index contributed by atoms with van der Waals surface area (Å²) >= 11 is 0. The van der Waals surface area contributed by atoms with Gasteiger partial charge in [-0.15, -0.1) is 0 Å². The number of alkyl carbamates (subject to hydrolysis) is 1. The van der Waals surface area contributed by atoms with Crippen LogP contribution in [0.15, 0.2) is 48.5 Å². The predicted molar refractivity (Wildman–Crippen MR) is 135 cm³/mol. The molecule has 3 rings (SSSR count). The molecule has 1 atom stereocenters. The van der Waals surface area contributed by atoms with Crippen LogP contribution in [0.1, 0.15) is 64.0 Å². The number of rotatable bonds is 11. The van der Waals surface area contributed by atoms with Crippen LogP contribution in [0.25, 0.3) is 11.1 Å². The fourth-order valence-electron chi connectivity index (χ4n) is 4.83. The highest BCUT2D eigenvalue weighted by Crippen LogP contribution is 2.44. The van der Waals surface area contributed by atoms with Gasteiger partial charge in [-0.25, -0.2) is 4.79 Å². The van der Waals surface area contributed by atoms with Crippen molar-refractivity contribution in [2.24, 2.45) is 11.8 Å². The third-order valence-electron chi connectivity index (χ3n) is 6.24. The van der Waals surface area contributed by atoms with Crippen molar-refractivity contribution in [3.8, 4) is 11.1 Å². The van der Waals surface area contributed by atoms with Gasteiger partial charge in [-0.05, 0) is 54.4 Å². The Labute approximate surface area is 207 Å². The minimum absolute atomic E-state index is 0.0137. The van der Waals surface area contributed by atoms with Crippen LogP contribution in [0.5, 0.6) is 0 Å². The highest BCUT2D eigenvalue weighted by atomic mass is 16.5. The molecule has 7 nitrogen and oxygen atoms in total. The van der Waals surface area contributed by atoms with Gasteiger partial charge in [-0.3, -0.25) is 9.59 Å². The molecule has 0 fully saturated rings. The molecule has 0 heterocycles. The summed E-state index contributed by atoms with van der Waals surface area (Å²) in [6.45, 7) is 8.07. The second-order valence-corrected chi connectivity index (χ2v) is 10.4. The zero-order chi connectivity index (χ0) is 25.6.